The van der Waals surface area contributed by atoms with Crippen molar-refractivity contribution in [3.63, 3.8) is 0 Å². The van der Waals surface area contributed by atoms with Gasteiger partial charge in [-0.3, -0.25) is 9.78 Å². The first kappa shape index (κ1) is 24.2. The number of aliphatic hydroxyl groups excluding tert-OH is 2. The number of fused-ring (bicyclic) bond motifs is 1. The van der Waals surface area contributed by atoms with Crippen molar-refractivity contribution >= 4 is 38.4 Å². The number of anilines is 1. The van der Waals surface area contributed by atoms with Crippen molar-refractivity contribution in [3.05, 3.63) is 67.0 Å². The number of ether oxygens (including phenoxy) is 1. The van der Waals surface area contributed by atoms with E-state index in [9.17, 15) is 19.8 Å². The second-order valence-electron chi connectivity index (χ2n) is 7.26. The van der Waals surface area contributed by atoms with E-state index in [0.717, 1.165) is 15.0 Å². The van der Waals surface area contributed by atoms with Crippen LogP contribution in [0.4, 0.5) is 9.80 Å². The smallest absolute Gasteiger partial charge is 0.407 e. The van der Waals surface area contributed by atoms with Crippen LogP contribution in [0.25, 0.3) is 10.1 Å². The Kier molecular flexibility index (Phi) is 8.36. The third kappa shape index (κ3) is 6.51. The zero-order chi connectivity index (χ0) is 23.8. The van der Waals surface area contributed by atoms with E-state index in [2.05, 4.69) is 16.9 Å². The fourth-order valence-corrected chi connectivity index (χ4v) is 4.08. The molecule has 0 fully saturated rings. The Morgan fingerprint density at radius 2 is 2.03 bits per heavy atom. The van der Waals surface area contributed by atoms with Gasteiger partial charge >= 0.3 is 6.09 Å². The number of carbonyl (C=O) groups is 2. The van der Waals surface area contributed by atoms with E-state index in [1.807, 2.05) is 12.1 Å². The van der Waals surface area contributed by atoms with Crippen LogP contribution < -0.4 is 10.1 Å². The largest absolute Gasteiger partial charge is 0.491 e. The molecule has 0 saturated carbocycles. The van der Waals surface area contributed by atoms with E-state index >= 15 is 0 Å². The molecule has 33 heavy (non-hydrogen) atoms. The normalized spacial score (nSPS) is 12.7. The van der Waals surface area contributed by atoms with Crippen LogP contribution in [0.3, 0.4) is 0 Å². The zero-order valence-electron chi connectivity index (χ0n) is 17.8. The highest BCUT2D eigenvalue weighted by Crippen LogP contribution is 2.30. The van der Waals surface area contributed by atoms with Gasteiger partial charge in [0.1, 0.15) is 18.5 Å². The van der Waals surface area contributed by atoms with Crippen molar-refractivity contribution in [3.8, 4) is 5.75 Å². The number of nitrogens with zero attached hydrogens (tertiary/aromatic N) is 2. The Labute approximate surface area is 194 Å². The van der Waals surface area contributed by atoms with E-state index in [4.69, 9.17) is 9.84 Å². The van der Waals surface area contributed by atoms with Crippen LogP contribution >= 0.6 is 11.3 Å². The minimum absolute atomic E-state index is 0.0664. The molecule has 0 aliphatic rings. The molecule has 2 unspecified atom stereocenters. The molecule has 10 heteroatoms. The Hall–Kier alpha value is -3.47. The number of nitrogens with one attached hydrogen (secondary N) is 1. The van der Waals surface area contributed by atoms with Crippen molar-refractivity contribution in [2.24, 2.45) is 0 Å². The van der Waals surface area contributed by atoms with E-state index in [-0.39, 0.29) is 25.6 Å². The van der Waals surface area contributed by atoms with Gasteiger partial charge in [0.25, 0.3) is 0 Å². The molecule has 2 heterocycles. The van der Waals surface area contributed by atoms with Crippen molar-refractivity contribution in [1.82, 2.24) is 9.88 Å². The summed E-state index contributed by atoms with van der Waals surface area (Å²) in [5, 5.41) is 32.3. The Bertz CT molecular complexity index is 1070. The number of aromatic nitrogens is 1. The summed E-state index contributed by atoms with van der Waals surface area (Å²) < 4.78 is 6.33. The molecular formula is C23H25N3O6S. The molecule has 4 N–H and O–H groups in total. The van der Waals surface area contributed by atoms with Crippen LogP contribution in [-0.2, 0) is 4.79 Å². The molecule has 0 saturated heterocycles. The van der Waals surface area contributed by atoms with Crippen LogP contribution in [0.5, 0.6) is 5.75 Å². The van der Waals surface area contributed by atoms with Gasteiger partial charge in [0.2, 0.25) is 5.91 Å². The first-order valence-corrected chi connectivity index (χ1v) is 11.0. The van der Waals surface area contributed by atoms with E-state index in [1.165, 1.54) is 17.4 Å². The second-order valence-corrected chi connectivity index (χ2v) is 8.34. The van der Waals surface area contributed by atoms with Crippen molar-refractivity contribution in [1.29, 1.82) is 0 Å². The number of aliphatic hydroxyl groups is 2. The van der Waals surface area contributed by atoms with Crippen molar-refractivity contribution < 1.29 is 29.6 Å². The lowest BCUT2D eigenvalue weighted by Gasteiger charge is -2.24. The summed E-state index contributed by atoms with van der Waals surface area (Å²) in [7, 11) is 0. The van der Waals surface area contributed by atoms with Gasteiger partial charge in [-0.2, -0.15) is 0 Å². The van der Waals surface area contributed by atoms with Crippen LogP contribution in [0.2, 0.25) is 0 Å². The highest BCUT2D eigenvalue weighted by Gasteiger charge is 2.26. The lowest BCUT2D eigenvalue weighted by molar-refractivity contribution is -0.117. The number of hydrogen-bond acceptors (Lipinski definition) is 7. The van der Waals surface area contributed by atoms with Crippen LogP contribution in [0, 0.1) is 0 Å². The van der Waals surface area contributed by atoms with Gasteiger partial charge in [0.15, 0.2) is 0 Å². The molecule has 3 aromatic rings. The molecule has 0 radical (unpaired) electrons. The minimum Gasteiger partial charge on any atom is -0.491 e. The average molecular weight is 472 g/mol. The zero-order valence-corrected chi connectivity index (χ0v) is 18.6. The molecule has 2 amide bonds. The lowest BCUT2D eigenvalue weighted by atomic mass is 9.97. The summed E-state index contributed by atoms with van der Waals surface area (Å²) in [4.78, 5) is 30.1. The average Bonchev–Trinajstić information content (AvgIpc) is 3.22. The first-order chi connectivity index (χ1) is 15.9. The van der Waals surface area contributed by atoms with Gasteiger partial charge in [-0.25, -0.2) is 4.79 Å². The number of carbonyl (C=O) groups excluding carboxylic acids is 1. The van der Waals surface area contributed by atoms with Gasteiger partial charge in [-0.15, -0.1) is 17.9 Å². The van der Waals surface area contributed by atoms with Crippen molar-refractivity contribution in [2.75, 3.05) is 31.6 Å². The molecule has 3 rings (SSSR count). The quantitative estimate of drug-likeness (QED) is 0.316. The maximum Gasteiger partial charge on any atom is 0.407 e. The summed E-state index contributed by atoms with van der Waals surface area (Å²) in [5.74, 6) is -0.695. The Morgan fingerprint density at radius 3 is 2.67 bits per heavy atom. The second kappa shape index (κ2) is 11.4. The summed E-state index contributed by atoms with van der Waals surface area (Å²) in [6.07, 6.45) is 2.70. The number of rotatable bonds is 11. The SMILES string of the molecule is C=CCN(CC(C(=O)Nc1cc2ccncc2s1)c1ccc(OCC(O)CO)cc1)C(=O)O. The van der Waals surface area contributed by atoms with Gasteiger partial charge in [-0.1, -0.05) is 18.2 Å². The molecule has 2 aromatic heterocycles. The molecule has 0 aliphatic carbocycles. The number of benzene rings is 1. The standard InChI is InChI=1S/C23H25N3O6S/c1-2-9-26(23(30)31)12-19(15-3-5-18(6-4-15)32-14-17(28)13-27)22(29)25-21-10-16-7-8-24-11-20(16)33-21/h2-8,10-11,17,19,27-28H,1,9,12-14H2,(H,25,29)(H,30,31). The van der Waals surface area contributed by atoms with Crippen LogP contribution in [-0.4, -0.2) is 69.6 Å². The van der Waals surface area contributed by atoms with E-state index < -0.39 is 24.7 Å². The Balaban J connectivity index is 1.82. The predicted molar refractivity (Wildman–Crippen MR) is 126 cm³/mol. The molecule has 174 valence electrons. The molecule has 0 aliphatic heterocycles. The van der Waals surface area contributed by atoms with Gasteiger partial charge in [-0.05, 0) is 35.2 Å². The number of hydrogen-bond donors (Lipinski definition) is 4. The highest BCUT2D eigenvalue weighted by molar-refractivity contribution is 7.22. The molecule has 1 aromatic carbocycles. The third-order valence-electron chi connectivity index (χ3n) is 4.84. The first-order valence-electron chi connectivity index (χ1n) is 10.2. The van der Waals surface area contributed by atoms with Gasteiger partial charge < -0.3 is 30.3 Å². The maximum atomic E-state index is 13.2. The Morgan fingerprint density at radius 1 is 1.27 bits per heavy atom. The molecular weight excluding hydrogens is 446 g/mol. The van der Waals surface area contributed by atoms with Crippen molar-refractivity contribution in [2.45, 2.75) is 12.0 Å². The van der Waals surface area contributed by atoms with Gasteiger partial charge in [0, 0.05) is 25.5 Å². The van der Waals surface area contributed by atoms with Crippen LogP contribution in [0.15, 0.2) is 61.4 Å². The number of carboxylic acid groups (broad SMARTS) is 1. The number of amides is 2. The summed E-state index contributed by atoms with van der Waals surface area (Å²) in [6, 6.07) is 10.3. The third-order valence-corrected chi connectivity index (χ3v) is 5.85. The lowest BCUT2D eigenvalue weighted by Crippen LogP contribution is -2.37. The molecule has 9 nitrogen and oxygen atoms in total. The highest BCUT2D eigenvalue weighted by atomic mass is 32.1. The minimum atomic E-state index is -1.15. The topological polar surface area (TPSA) is 132 Å². The summed E-state index contributed by atoms with van der Waals surface area (Å²) in [6.45, 7) is 3.11. The van der Waals surface area contributed by atoms with Crippen LogP contribution in [0.1, 0.15) is 11.5 Å². The summed E-state index contributed by atoms with van der Waals surface area (Å²) >= 11 is 1.38. The number of thiophene rings is 1. The van der Waals surface area contributed by atoms with Gasteiger partial charge in [0.05, 0.1) is 22.2 Å². The fourth-order valence-electron chi connectivity index (χ4n) is 3.14. The molecule has 0 bridgehead atoms. The van der Waals surface area contributed by atoms with E-state index in [1.54, 1.807) is 36.7 Å². The monoisotopic (exact) mass is 471 g/mol. The fraction of sp³-hybridized carbons (Fsp3) is 0.261. The molecule has 2 atom stereocenters. The predicted octanol–water partition coefficient (Wildman–Crippen LogP) is 2.92. The summed E-state index contributed by atoms with van der Waals surface area (Å²) in [5.41, 5.74) is 0.598. The molecule has 0 spiro atoms. The maximum absolute atomic E-state index is 13.2. The number of pyridine rings is 1. The van der Waals surface area contributed by atoms with E-state index in [0.29, 0.717) is 16.3 Å².